The Morgan fingerprint density at radius 1 is 1.19 bits per heavy atom. The van der Waals surface area contributed by atoms with E-state index in [4.69, 9.17) is 16.9 Å². The molecule has 0 saturated heterocycles. The van der Waals surface area contributed by atoms with E-state index in [1.54, 1.807) is 30.3 Å². The van der Waals surface area contributed by atoms with Gasteiger partial charge in [-0.25, -0.2) is 8.78 Å². The van der Waals surface area contributed by atoms with E-state index in [2.05, 4.69) is 0 Å². The molecule has 0 fully saturated rings. The van der Waals surface area contributed by atoms with Gasteiger partial charge < -0.3 is 0 Å². The van der Waals surface area contributed by atoms with Crippen molar-refractivity contribution in [1.82, 2.24) is 0 Å². The van der Waals surface area contributed by atoms with Crippen LogP contribution in [0.3, 0.4) is 0 Å². The van der Waals surface area contributed by atoms with Crippen molar-refractivity contribution in [2.75, 3.05) is 11.4 Å². The number of benzene rings is 2. The molecule has 21 heavy (non-hydrogen) atoms. The van der Waals surface area contributed by atoms with Crippen LogP contribution in [-0.4, -0.2) is 12.5 Å². The van der Waals surface area contributed by atoms with Gasteiger partial charge in [-0.3, -0.25) is 9.69 Å². The molecule has 0 aromatic heterocycles. The van der Waals surface area contributed by atoms with Gasteiger partial charge >= 0.3 is 0 Å². The van der Waals surface area contributed by atoms with E-state index in [9.17, 15) is 13.6 Å². The van der Waals surface area contributed by atoms with Crippen molar-refractivity contribution in [2.24, 2.45) is 0 Å². The first-order chi connectivity index (χ1) is 10.1. The topological polar surface area (TPSA) is 44.1 Å². The van der Waals surface area contributed by atoms with Crippen LogP contribution in [0.5, 0.6) is 0 Å². The highest BCUT2D eigenvalue weighted by molar-refractivity contribution is 6.31. The standard InChI is InChI=1S/C15H9ClF2N2O/c16-13-12(17)7-6-11(14(13)18)15(21)20(9-8-19)10-4-2-1-3-5-10/h1-7H,9H2. The van der Waals surface area contributed by atoms with E-state index in [0.29, 0.717) is 5.69 Å². The molecule has 0 bridgehead atoms. The summed E-state index contributed by atoms with van der Waals surface area (Å²) in [7, 11) is 0. The maximum atomic E-state index is 13.9. The first kappa shape index (κ1) is 14.9. The van der Waals surface area contributed by atoms with Gasteiger partial charge in [0.1, 0.15) is 17.4 Å². The first-order valence-corrected chi connectivity index (χ1v) is 6.31. The molecule has 0 aliphatic rings. The van der Waals surface area contributed by atoms with Crippen LogP contribution in [0.25, 0.3) is 0 Å². The Kier molecular flexibility index (Phi) is 4.51. The van der Waals surface area contributed by atoms with Gasteiger partial charge in [-0.2, -0.15) is 5.26 Å². The van der Waals surface area contributed by atoms with E-state index < -0.39 is 22.6 Å². The van der Waals surface area contributed by atoms with Gasteiger partial charge in [0, 0.05) is 5.69 Å². The summed E-state index contributed by atoms with van der Waals surface area (Å²) >= 11 is 5.47. The Morgan fingerprint density at radius 2 is 1.86 bits per heavy atom. The van der Waals surface area contributed by atoms with Crippen molar-refractivity contribution in [3.05, 3.63) is 64.7 Å². The Bertz CT molecular complexity index is 714. The van der Waals surface area contributed by atoms with E-state index in [1.165, 1.54) is 0 Å². The third-order valence-corrected chi connectivity index (χ3v) is 3.15. The molecule has 0 N–H and O–H groups in total. The molecule has 2 aromatic rings. The van der Waals surface area contributed by atoms with Crippen LogP contribution in [0.2, 0.25) is 5.02 Å². The van der Waals surface area contributed by atoms with Gasteiger partial charge in [-0.1, -0.05) is 29.8 Å². The summed E-state index contributed by atoms with van der Waals surface area (Å²) in [5.41, 5.74) is 0.0457. The highest BCUT2D eigenvalue weighted by Crippen LogP contribution is 2.24. The predicted molar refractivity (Wildman–Crippen MR) is 75.1 cm³/mol. The van der Waals surface area contributed by atoms with Gasteiger partial charge in [-0.15, -0.1) is 0 Å². The SMILES string of the molecule is N#CCN(C(=O)c1ccc(F)c(Cl)c1F)c1ccccc1. The number of para-hydroxylation sites is 1. The van der Waals surface area contributed by atoms with E-state index in [-0.39, 0.29) is 12.1 Å². The quantitative estimate of drug-likeness (QED) is 0.639. The van der Waals surface area contributed by atoms with Crippen molar-refractivity contribution in [3.63, 3.8) is 0 Å². The molecule has 0 heterocycles. The molecule has 3 nitrogen and oxygen atoms in total. The average Bonchev–Trinajstić information content (AvgIpc) is 2.51. The number of carbonyl (C=O) groups excluding carboxylic acids is 1. The number of nitriles is 1. The number of hydrogen-bond donors (Lipinski definition) is 0. The van der Waals surface area contributed by atoms with Crippen LogP contribution in [0.15, 0.2) is 42.5 Å². The van der Waals surface area contributed by atoms with Crippen LogP contribution in [0.4, 0.5) is 14.5 Å². The molecular weight excluding hydrogens is 298 g/mol. The molecule has 0 unspecified atom stereocenters. The van der Waals surface area contributed by atoms with E-state index >= 15 is 0 Å². The third kappa shape index (κ3) is 3.01. The number of rotatable bonds is 3. The lowest BCUT2D eigenvalue weighted by Crippen LogP contribution is -2.32. The summed E-state index contributed by atoms with van der Waals surface area (Å²) in [6.45, 7) is -0.267. The molecule has 0 saturated carbocycles. The Labute approximate surface area is 125 Å². The fraction of sp³-hybridized carbons (Fsp3) is 0.0667. The normalized spacial score (nSPS) is 10.0. The summed E-state index contributed by atoms with van der Waals surface area (Å²) < 4.78 is 27.1. The van der Waals surface area contributed by atoms with Crippen molar-refractivity contribution in [3.8, 4) is 6.07 Å². The van der Waals surface area contributed by atoms with Crippen molar-refractivity contribution < 1.29 is 13.6 Å². The smallest absolute Gasteiger partial charge is 0.262 e. The zero-order valence-corrected chi connectivity index (χ0v) is 11.4. The largest absolute Gasteiger partial charge is 0.294 e. The van der Waals surface area contributed by atoms with Crippen LogP contribution in [0, 0.1) is 23.0 Å². The molecule has 106 valence electrons. The van der Waals surface area contributed by atoms with Crippen LogP contribution >= 0.6 is 11.6 Å². The number of anilines is 1. The minimum atomic E-state index is -1.14. The molecule has 0 spiro atoms. The van der Waals surface area contributed by atoms with Gasteiger partial charge in [0.05, 0.1) is 11.6 Å². The summed E-state index contributed by atoms with van der Waals surface area (Å²) in [5, 5.41) is 8.09. The Morgan fingerprint density at radius 3 is 2.48 bits per heavy atom. The van der Waals surface area contributed by atoms with Crippen molar-refractivity contribution in [2.45, 2.75) is 0 Å². The molecule has 6 heteroatoms. The first-order valence-electron chi connectivity index (χ1n) is 5.93. The maximum Gasteiger partial charge on any atom is 0.262 e. The summed E-state index contributed by atoms with van der Waals surface area (Å²) in [4.78, 5) is 13.5. The van der Waals surface area contributed by atoms with Gasteiger partial charge in [0.25, 0.3) is 5.91 Å². The number of carbonyl (C=O) groups is 1. The molecule has 0 aliphatic carbocycles. The molecule has 2 rings (SSSR count). The van der Waals surface area contributed by atoms with Crippen LogP contribution in [0.1, 0.15) is 10.4 Å². The summed E-state index contributed by atoms with van der Waals surface area (Å²) in [6, 6.07) is 12.1. The molecule has 2 aromatic carbocycles. The number of hydrogen-bond acceptors (Lipinski definition) is 2. The molecule has 0 radical (unpaired) electrons. The van der Waals surface area contributed by atoms with E-state index in [1.807, 2.05) is 6.07 Å². The van der Waals surface area contributed by atoms with Gasteiger partial charge in [-0.05, 0) is 24.3 Å². The fourth-order valence-corrected chi connectivity index (χ4v) is 1.96. The lowest BCUT2D eigenvalue weighted by molar-refractivity contribution is 0.0986. The highest BCUT2D eigenvalue weighted by Gasteiger charge is 2.23. The van der Waals surface area contributed by atoms with Crippen molar-refractivity contribution >= 4 is 23.2 Å². The van der Waals surface area contributed by atoms with Gasteiger partial charge in [0.2, 0.25) is 0 Å². The second kappa shape index (κ2) is 6.33. The molecule has 1 amide bonds. The zero-order valence-electron chi connectivity index (χ0n) is 10.7. The van der Waals surface area contributed by atoms with Crippen LogP contribution < -0.4 is 4.90 Å². The predicted octanol–water partition coefficient (Wildman–Crippen LogP) is 3.79. The number of amides is 1. The van der Waals surface area contributed by atoms with Gasteiger partial charge in [0.15, 0.2) is 5.82 Å². The lowest BCUT2D eigenvalue weighted by atomic mass is 10.1. The number of nitrogens with zero attached hydrogens (tertiary/aromatic N) is 2. The molecule has 0 aliphatic heterocycles. The molecular formula is C15H9ClF2N2O. The minimum Gasteiger partial charge on any atom is -0.294 e. The Balaban J connectivity index is 2.45. The maximum absolute atomic E-state index is 13.9. The van der Waals surface area contributed by atoms with Crippen LogP contribution in [-0.2, 0) is 0 Å². The number of halogens is 3. The monoisotopic (exact) mass is 306 g/mol. The minimum absolute atomic E-state index is 0.267. The average molecular weight is 307 g/mol. The Hall–Kier alpha value is -2.45. The zero-order chi connectivity index (χ0) is 15.4. The summed E-state index contributed by atoms with van der Waals surface area (Å²) in [6.07, 6.45) is 0. The third-order valence-electron chi connectivity index (χ3n) is 2.81. The molecule has 0 atom stereocenters. The second-order valence-electron chi connectivity index (χ2n) is 4.11. The summed E-state index contributed by atoms with van der Waals surface area (Å²) in [5.74, 6) is -2.85. The highest BCUT2D eigenvalue weighted by atomic mass is 35.5. The fourth-order valence-electron chi connectivity index (χ4n) is 1.80. The lowest BCUT2D eigenvalue weighted by Gasteiger charge is -2.20. The van der Waals surface area contributed by atoms with E-state index in [0.717, 1.165) is 17.0 Å². The van der Waals surface area contributed by atoms with Crippen molar-refractivity contribution in [1.29, 1.82) is 5.26 Å². The second-order valence-corrected chi connectivity index (χ2v) is 4.49.